The second-order valence-electron chi connectivity index (χ2n) is 8.21. The number of amides is 1. The van der Waals surface area contributed by atoms with Crippen LogP contribution in [0.15, 0.2) is 76.2 Å². The molecule has 1 aliphatic rings. The number of hydrogen-bond donors (Lipinski definition) is 0. The first-order chi connectivity index (χ1) is 16.4. The van der Waals surface area contributed by atoms with Gasteiger partial charge in [-0.2, -0.15) is 4.31 Å². The lowest BCUT2D eigenvalue weighted by atomic mass is 10.2. The van der Waals surface area contributed by atoms with Crippen LogP contribution < -0.4 is 9.64 Å². The Balaban J connectivity index is 1.47. The van der Waals surface area contributed by atoms with Gasteiger partial charge in [-0.15, -0.1) is 0 Å². The highest BCUT2D eigenvalue weighted by atomic mass is 32.2. The van der Waals surface area contributed by atoms with E-state index in [1.54, 1.807) is 48.4 Å². The van der Waals surface area contributed by atoms with E-state index in [0.29, 0.717) is 31.9 Å². The first kappa shape index (κ1) is 23.8. The minimum absolute atomic E-state index is 0.0177. The molecule has 34 heavy (non-hydrogen) atoms. The third kappa shape index (κ3) is 5.26. The Hall–Kier alpha value is -3.30. The van der Waals surface area contributed by atoms with Crippen molar-refractivity contribution >= 4 is 21.6 Å². The van der Waals surface area contributed by atoms with Crippen molar-refractivity contribution < 1.29 is 22.4 Å². The van der Waals surface area contributed by atoms with Crippen molar-refractivity contribution in [2.24, 2.45) is 0 Å². The van der Waals surface area contributed by atoms with E-state index >= 15 is 0 Å². The van der Waals surface area contributed by atoms with Gasteiger partial charge in [0.15, 0.2) is 0 Å². The van der Waals surface area contributed by atoms with Crippen molar-refractivity contribution in [3.8, 4) is 5.75 Å². The van der Waals surface area contributed by atoms with Crippen LogP contribution in [0.5, 0.6) is 5.75 Å². The summed E-state index contributed by atoms with van der Waals surface area (Å²) in [4.78, 5) is 17.2. The van der Waals surface area contributed by atoms with Crippen LogP contribution in [0.1, 0.15) is 11.3 Å². The van der Waals surface area contributed by atoms with Crippen molar-refractivity contribution in [1.82, 2.24) is 9.21 Å². The Bertz CT molecular complexity index is 1200. The zero-order valence-electron chi connectivity index (χ0n) is 19.4. The Kier molecular flexibility index (Phi) is 7.23. The Morgan fingerprint density at radius 2 is 1.71 bits per heavy atom. The number of ether oxygens (including phenoxy) is 1. The van der Waals surface area contributed by atoms with Gasteiger partial charge in [-0.3, -0.25) is 4.79 Å². The van der Waals surface area contributed by atoms with E-state index in [4.69, 9.17) is 9.15 Å². The van der Waals surface area contributed by atoms with Crippen molar-refractivity contribution in [2.75, 3.05) is 44.7 Å². The van der Waals surface area contributed by atoms with Gasteiger partial charge in [-0.05, 0) is 43.3 Å². The van der Waals surface area contributed by atoms with Crippen LogP contribution in [0.4, 0.5) is 5.69 Å². The smallest absolute Gasteiger partial charge is 0.243 e. The first-order valence-corrected chi connectivity index (χ1v) is 12.6. The number of carbonyl (C=O) groups is 1. The van der Waals surface area contributed by atoms with Gasteiger partial charge in [0.1, 0.15) is 11.5 Å². The molecule has 0 radical (unpaired) electrons. The summed E-state index contributed by atoms with van der Waals surface area (Å²) in [6, 6.07) is 17.8. The predicted octanol–water partition coefficient (Wildman–Crippen LogP) is 3.14. The number of anilines is 1. The summed E-state index contributed by atoms with van der Waals surface area (Å²) in [5.74, 6) is 1.03. The zero-order valence-corrected chi connectivity index (χ0v) is 20.2. The molecule has 2 aromatic carbocycles. The fourth-order valence-corrected chi connectivity index (χ4v) is 5.36. The van der Waals surface area contributed by atoms with Gasteiger partial charge in [0.2, 0.25) is 15.9 Å². The molecule has 180 valence electrons. The minimum Gasteiger partial charge on any atom is -0.495 e. The number of rotatable bonds is 8. The molecule has 3 aromatic rings. The van der Waals surface area contributed by atoms with Crippen LogP contribution in [0, 0.1) is 6.92 Å². The minimum atomic E-state index is -3.89. The summed E-state index contributed by atoms with van der Waals surface area (Å²) >= 11 is 0. The average molecular weight is 484 g/mol. The van der Waals surface area contributed by atoms with E-state index in [9.17, 15) is 13.2 Å². The Morgan fingerprint density at radius 1 is 1.00 bits per heavy atom. The van der Waals surface area contributed by atoms with Crippen molar-refractivity contribution in [3.63, 3.8) is 0 Å². The topological polar surface area (TPSA) is 83.3 Å². The number of piperazine rings is 1. The van der Waals surface area contributed by atoms with Crippen LogP contribution in [-0.4, -0.2) is 63.4 Å². The van der Waals surface area contributed by atoms with Crippen LogP contribution in [0.3, 0.4) is 0 Å². The normalized spacial score (nSPS) is 14.4. The maximum Gasteiger partial charge on any atom is 0.243 e. The second kappa shape index (κ2) is 10.3. The highest BCUT2D eigenvalue weighted by molar-refractivity contribution is 7.89. The zero-order chi connectivity index (χ0) is 24.1. The van der Waals surface area contributed by atoms with Gasteiger partial charge < -0.3 is 19.0 Å². The number of methoxy groups -OCH3 is 1. The largest absolute Gasteiger partial charge is 0.495 e. The van der Waals surface area contributed by atoms with Crippen LogP contribution >= 0.6 is 0 Å². The van der Waals surface area contributed by atoms with Crippen molar-refractivity contribution in [1.29, 1.82) is 0 Å². The summed E-state index contributed by atoms with van der Waals surface area (Å²) in [6.07, 6.45) is 1.49. The van der Waals surface area contributed by atoms with E-state index < -0.39 is 10.0 Å². The van der Waals surface area contributed by atoms with Gasteiger partial charge in [0, 0.05) is 26.2 Å². The molecule has 0 spiro atoms. The average Bonchev–Trinajstić information content (AvgIpc) is 3.37. The molecule has 1 aliphatic heterocycles. The summed E-state index contributed by atoms with van der Waals surface area (Å²) in [5, 5.41) is 0. The fourth-order valence-electron chi connectivity index (χ4n) is 4.00. The molecule has 1 amide bonds. The highest BCUT2D eigenvalue weighted by Crippen LogP contribution is 2.28. The van der Waals surface area contributed by atoms with Crippen molar-refractivity contribution in [3.05, 3.63) is 78.3 Å². The van der Waals surface area contributed by atoms with E-state index in [1.165, 1.54) is 10.6 Å². The summed E-state index contributed by atoms with van der Waals surface area (Å²) < 4.78 is 38.8. The van der Waals surface area contributed by atoms with Gasteiger partial charge in [0.05, 0.1) is 37.0 Å². The van der Waals surface area contributed by atoms with E-state index in [-0.39, 0.29) is 23.9 Å². The van der Waals surface area contributed by atoms with E-state index in [2.05, 4.69) is 4.90 Å². The van der Waals surface area contributed by atoms with Gasteiger partial charge in [-0.25, -0.2) is 8.42 Å². The molecule has 0 unspecified atom stereocenters. The summed E-state index contributed by atoms with van der Waals surface area (Å²) in [7, 11) is -2.25. The first-order valence-electron chi connectivity index (χ1n) is 11.1. The van der Waals surface area contributed by atoms with Crippen LogP contribution in [0.2, 0.25) is 0 Å². The quantitative estimate of drug-likeness (QED) is 0.490. The number of nitrogens with zero attached hydrogens (tertiary/aromatic N) is 3. The molecule has 4 rings (SSSR count). The molecular weight excluding hydrogens is 454 g/mol. The summed E-state index contributed by atoms with van der Waals surface area (Å²) in [5.41, 5.74) is 1.94. The molecule has 0 bridgehead atoms. The molecule has 2 heterocycles. The molecule has 0 atom stereocenters. The van der Waals surface area contributed by atoms with Crippen LogP contribution in [0.25, 0.3) is 0 Å². The van der Waals surface area contributed by atoms with Gasteiger partial charge >= 0.3 is 0 Å². The third-order valence-corrected chi connectivity index (χ3v) is 7.75. The maximum atomic E-state index is 13.4. The second-order valence-corrected chi connectivity index (χ2v) is 10.1. The number of furan rings is 1. The number of sulfonamides is 1. The highest BCUT2D eigenvalue weighted by Gasteiger charge is 2.31. The molecule has 1 saturated heterocycles. The fraction of sp³-hybridized carbons (Fsp3) is 0.320. The van der Waals surface area contributed by atoms with E-state index in [1.807, 2.05) is 31.2 Å². The Morgan fingerprint density at radius 3 is 2.35 bits per heavy atom. The molecule has 0 saturated carbocycles. The Labute approximate surface area is 200 Å². The number of hydrogen-bond acceptors (Lipinski definition) is 6. The van der Waals surface area contributed by atoms with Gasteiger partial charge in [0.25, 0.3) is 0 Å². The SMILES string of the molecule is COc1ccccc1N1CCN(C(=O)CN(Cc2ccco2)S(=O)(=O)c2ccc(C)cc2)CC1. The van der Waals surface area contributed by atoms with E-state index in [0.717, 1.165) is 17.0 Å². The molecule has 0 aliphatic carbocycles. The molecule has 1 fully saturated rings. The number of aryl methyl sites for hydroxylation is 1. The summed E-state index contributed by atoms with van der Waals surface area (Å²) in [6.45, 7) is 3.88. The monoisotopic (exact) mass is 483 g/mol. The van der Waals surface area contributed by atoms with Gasteiger partial charge in [-0.1, -0.05) is 29.8 Å². The third-order valence-electron chi connectivity index (χ3n) is 5.94. The number of carbonyl (C=O) groups excluding carboxylic acids is 1. The molecule has 9 heteroatoms. The lowest BCUT2D eigenvalue weighted by Gasteiger charge is -2.37. The maximum absolute atomic E-state index is 13.4. The van der Waals surface area contributed by atoms with Crippen molar-refractivity contribution in [2.45, 2.75) is 18.4 Å². The standard InChI is InChI=1S/C25H29N3O5S/c1-20-9-11-22(12-10-20)34(30,31)28(18-21-6-5-17-33-21)19-25(29)27-15-13-26(14-16-27)23-7-3-4-8-24(23)32-2/h3-12,17H,13-16,18-19H2,1-2H3. The lowest BCUT2D eigenvalue weighted by Crippen LogP contribution is -2.51. The van der Waals surface area contributed by atoms with Crippen LogP contribution in [-0.2, 0) is 21.4 Å². The number of benzene rings is 2. The molecule has 0 N–H and O–H groups in total. The predicted molar refractivity (Wildman–Crippen MR) is 129 cm³/mol. The lowest BCUT2D eigenvalue weighted by molar-refractivity contribution is -0.131. The number of para-hydroxylation sites is 2. The molecule has 1 aromatic heterocycles. The molecular formula is C25H29N3O5S. The molecule has 8 nitrogen and oxygen atoms in total.